The maximum atomic E-state index is 12.6. The Bertz CT molecular complexity index is 624. The molecule has 0 radical (unpaired) electrons. The number of ether oxygens (including phenoxy) is 1. The van der Waals surface area contributed by atoms with Gasteiger partial charge in [-0.25, -0.2) is 4.79 Å². The zero-order chi connectivity index (χ0) is 17.7. The summed E-state index contributed by atoms with van der Waals surface area (Å²) in [7, 11) is 0. The second-order valence-corrected chi connectivity index (χ2v) is 6.99. The number of aryl methyl sites for hydroxylation is 1. The van der Waals surface area contributed by atoms with Gasteiger partial charge >= 0.3 is 11.9 Å². The van der Waals surface area contributed by atoms with Crippen LogP contribution in [-0.4, -0.2) is 29.6 Å². The second kappa shape index (κ2) is 8.28. The Morgan fingerprint density at radius 3 is 2.50 bits per heavy atom. The van der Waals surface area contributed by atoms with Crippen LogP contribution < -0.4 is 5.32 Å². The van der Waals surface area contributed by atoms with Gasteiger partial charge in [-0.3, -0.25) is 9.59 Å². The van der Waals surface area contributed by atoms with Crippen molar-refractivity contribution in [2.24, 2.45) is 11.8 Å². The fourth-order valence-electron chi connectivity index (χ4n) is 3.01. The van der Waals surface area contributed by atoms with Crippen LogP contribution in [0.1, 0.15) is 54.8 Å². The molecule has 0 bridgehead atoms. The van der Waals surface area contributed by atoms with Crippen LogP contribution in [-0.2, 0) is 20.7 Å². The van der Waals surface area contributed by atoms with E-state index in [0.29, 0.717) is 23.4 Å². The van der Waals surface area contributed by atoms with Crippen molar-refractivity contribution in [1.82, 2.24) is 0 Å². The molecule has 0 spiro atoms. The molecule has 1 amide bonds. The minimum Gasteiger partial charge on any atom is -0.481 e. The van der Waals surface area contributed by atoms with E-state index in [1.54, 1.807) is 13.0 Å². The molecule has 1 aliphatic rings. The van der Waals surface area contributed by atoms with E-state index in [1.165, 1.54) is 11.3 Å². The van der Waals surface area contributed by atoms with Gasteiger partial charge < -0.3 is 15.2 Å². The number of hydrogen-bond donors (Lipinski definition) is 2. The molecule has 0 unspecified atom stereocenters. The van der Waals surface area contributed by atoms with E-state index >= 15 is 0 Å². The molecule has 1 aromatic rings. The molecule has 1 fully saturated rings. The molecular formula is C17H23NO5S. The molecule has 7 heteroatoms. The predicted molar refractivity (Wildman–Crippen MR) is 91.4 cm³/mol. The van der Waals surface area contributed by atoms with Crippen LogP contribution >= 0.6 is 11.3 Å². The molecule has 2 atom stereocenters. The molecule has 1 saturated carbocycles. The number of carboxylic acid groups (broad SMARTS) is 1. The zero-order valence-corrected chi connectivity index (χ0v) is 14.8. The highest BCUT2D eigenvalue weighted by Crippen LogP contribution is 2.34. The van der Waals surface area contributed by atoms with E-state index in [4.69, 9.17) is 4.74 Å². The average Bonchev–Trinajstić information content (AvgIpc) is 2.98. The van der Waals surface area contributed by atoms with Crippen LogP contribution in [0.25, 0.3) is 0 Å². The fraction of sp³-hybridized carbons (Fsp3) is 0.588. The van der Waals surface area contributed by atoms with Crippen LogP contribution in [0.15, 0.2) is 6.07 Å². The monoisotopic (exact) mass is 353 g/mol. The molecule has 2 rings (SSSR count). The van der Waals surface area contributed by atoms with Crippen LogP contribution in [0.3, 0.4) is 0 Å². The first kappa shape index (κ1) is 18.4. The molecule has 0 aromatic carbocycles. The highest BCUT2D eigenvalue weighted by atomic mass is 32.1. The Hall–Kier alpha value is -1.89. The average molecular weight is 353 g/mol. The number of esters is 1. The maximum absolute atomic E-state index is 12.6. The van der Waals surface area contributed by atoms with Crippen LogP contribution in [0.2, 0.25) is 0 Å². The number of anilines is 1. The van der Waals surface area contributed by atoms with Gasteiger partial charge in [-0.05, 0) is 32.3 Å². The Labute approximate surface area is 145 Å². The van der Waals surface area contributed by atoms with Crippen LogP contribution in [0, 0.1) is 11.8 Å². The summed E-state index contributed by atoms with van der Waals surface area (Å²) in [4.78, 5) is 37.0. The third-order valence-electron chi connectivity index (χ3n) is 4.28. The third kappa shape index (κ3) is 4.14. The molecule has 0 aliphatic heterocycles. The summed E-state index contributed by atoms with van der Waals surface area (Å²) in [6.45, 7) is 3.95. The summed E-state index contributed by atoms with van der Waals surface area (Å²) in [6, 6.07) is 1.73. The number of hydrogen-bond acceptors (Lipinski definition) is 5. The SMILES string of the molecule is CCOC(=O)c1cc(CC)sc1NC(=O)[C@H]1CCCC[C@H]1C(=O)O. The number of thiophene rings is 1. The normalized spacial score (nSPS) is 20.4. The topological polar surface area (TPSA) is 92.7 Å². The van der Waals surface area contributed by atoms with Gasteiger partial charge in [0.25, 0.3) is 0 Å². The summed E-state index contributed by atoms with van der Waals surface area (Å²) < 4.78 is 5.04. The van der Waals surface area contributed by atoms with Crippen molar-refractivity contribution in [3.8, 4) is 0 Å². The molecular weight excluding hydrogens is 330 g/mol. The first-order chi connectivity index (χ1) is 11.5. The minimum atomic E-state index is -0.930. The standard InChI is InChI=1S/C17H23NO5S/c1-3-10-9-13(17(22)23-4-2)15(24-10)18-14(19)11-7-5-6-8-12(11)16(20)21/h9,11-12H,3-8H2,1-2H3,(H,18,19)(H,20,21)/t11-,12+/m0/s1. The quantitative estimate of drug-likeness (QED) is 0.765. The third-order valence-corrected chi connectivity index (χ3v) is 5.48. The Balaban J connectivity index is 2.19. The summed E-state index contributed by atoms with van der Waals surface area (Å²) >= 11 is 1.34. The summed E-state index contributed by atoms with van der Waals surface area (Å²) in [5, 5.41) is 12.6. The molecule has 1 aromatic heterocycles. The van der Waals surface area contributed by atoms with E-state index in [1.807, 2.05) is 6.92 Å². The smallest absolute Gasteiger partial charge is 0.341 e. The van der Waals surface area contributed by atoms with Crippen molar-refractivity contribution in [3.05, 3.63) is 16.5 Å². The fourth-order valence-corrected chi connectivity index (χ4v) is 4.00. The van der Waals surface area contributed by atoms with Gasteiger partial charge in [-0.15, -0.1) is 11.3 Å². The van der Waals surface area contributed by atoms with Crippen molar-refractivity contribution in [2.75, 3.05) is 11.9 Å². The lowest BCUT2D eigenvalue weighted by atomic mass is 9.79. The number of rotatable bonds is 6. The number of amides is 1. The lowest BCUT2D eigenvalue weighted by Gasteiger charge is -2.27. The van der Waals surface area contributed by atoms with Crippen molar-refractivity contribution in [1.29, 1.82) is 0 Å². The van der Waals surface area contributed by atoms with Crippen molar-refractivity contribution in [3.63, 3.8) is 0 Å². The summed E-state index contributed by atoms with van der Waals surface area (Å²) in [6.07, 6.45) is 3.49. The Morgan fingerprint density at radius 2 is 1.92 bits per heavy atom. The number of carboxylic acids is 1. The lowest BCUT2D eigenvalue weighted by Crippen LogP contribution is -2.36. The molecule has 2 N–H and O–H groups in total. The lowest BCUT2D eigenvalue weighted by molar-refractivity contribution is -0.147. The maximum Gasteiger partial charge on any atom is 0.341 e. The zero-order valence-electron chi connectivity index (χ0n) is 14.0. The molecule has 1 aliphatic carbocycles. The Morgan fingerprint density at radius 1 is 1.25 bits per heavy atom. The summed E-state index contributed by atoms with van der Waals surface area (Å²) in [5.41, 5.74) is 0.342. The van der Waals surface area contributed by atoms with Gasteiger partial charge in [0, 0.05) is 4.88 Å². The molecule has 6 nitrogen and oxygen atoms in total. The largest absolute Gasteiger partial charge is 0.481 e. The first-order valence-electron chi connectivity index (χ1n) is 8.31. The number of nitrogens with one attached hydrogen (secondary N) is 1. The second-order valence-electron chi connectivity index (χ2n) is 5.85. The number of carbonyl (C=O) groups excluding carboxylic acids is 2. The van der Waals surface area contributed by atoms with Crippen molar-refractivity contribution < 1.29 is 24.2 Å². The van der Waals surface area contributed by atoms with Gasteiger partial charge in [-0.1, -0.05) is 19.8 Å². The predicted octanol–water partition coefficient (Wildman–Crippen LogP) is 3.32. The van der Waals surface area contributed by atoms with Gasteiger partial charge in [0.05, 0.1) is 24.0 Å². The number of carbonyl (C=O) groups is 3. The minimum absolute atomic E-state index is 0.257. The highest BCUT2D eigenvalue weighted by Gasteiger charge is 2.36. The van der Waals surface area contributed by atoms with E-state index in [-0.39, 0.29) is 12.5 Å². The number of aliphatic carboxylic acids is 1. The Kier molecular flexibility index (Phi) is 6.36. The van der Waals surface area contributed by atoms with Gasteiger partial charge in [0.15, 0.2) is 0 Å². The molecule has 132 valence electrons. The summed E-state index contributed by atoms with van der Waals surface area (Å²) in [5.74, 6) is -2.94. The van der Waals surface area contributed by atoms with E-state index < -0.39 is 23.8 Å². The van der Waals surface area contributed by atoms with Crippen molar-refractivity contribution in [2.45, 2.75) is 46.0 Å². The van der Waals surface area contributed by atoms with E-state index in [9.17, 15) is 19.5 Å². The van der Waals surface area contributed by atoms with E-state index in [0.717, 1.165) is 24.1 Å². The van der Waals surface area contributed by atoms with E-state index in [2.05, 4.69) is 5.32 Å². The van der Waals surface area contributed by atoms with Crippen LogP contribution in [0.4, 0.5) is 5.00 Å². The van der Waals surface area contributed by atoms with Gasteiger partial charge in [0.2, 0.25) is 5.91 Å². The van der Waals surface area contributed by atoms with Crippen LogP contribution in [0.5, 0.6) is 0 Å². The molecule has 0 saturated heterocycles. The van der Waals surface area contributed by atoms with Gasteiger partial charge in [-0.2, -0.15) is 0 Å². The highest BCUT2D eigenvalue weighted by molar-refractivity contribution is 7.16. The molecule has 24 heavy (non-hydrogen) atoms. The van der Waals surface area contributed by atoms with Gasteiger partial charge in [0.1, 0.15) is 5.00 Å². The molecule has 1 heterocycles. The first-order valence-corrected chi connectivity index (χ1v) is 9.13. The van der Waals surface area contributed by atoms with Crippen molar-refractivity contribution >= 4 is 34.2 Å².